The van der Waals surface area contributed by atoms with Crippen LogP contribution in [0.4, 0.5) is 18.9 Å². The number of hydrogen-bond acceptors (Lipinski definition) is 2. The van der Waals surface area contributed by atoms with Crippen LogP contribution in [0.2, 0.25) is 0 Å². The lowest BCUT2D eigenvalue weighted by Gasteiger charge is -2.13. The monoisotopic (exact) mass is 325 g/mol. The first kappa shape index (κ1) is 17.5. The van der Waals surface area contributed by atoms with E-state index in [0.717, 1.165) is 31.4 Å². The number of rotatable bonds is 5. The number of aromatic nitrogens is 2. The van der Waals surface area contributed by atoms with Gasteiger partial charge in [0.25, 0.3) is 0 Å². The summed E-state index contributed by atoms with van der Waals surface area (Å²) in [6.07, 6.45) is 0.0347. The Morgan fingerprint density at radius 3 is 2.57 bits per heavy atom. The largest absolute Gasteiger partial charge is 0.416 e. The van der Waals surface area contributed by atoms with E-state index in [4.69, 9.17) is 0 Å². The van der Waals surface area contributed by atoms with Crippen molar-refractivity contribution in [3.63, 3.8) is 0 Å². The molecule has 1 heterocycles. The number of nitrogens with zero attached hydrogens (tertiary/aromatic N) is 3. The lowest BCUT2D eigenvalue weighted by molar-refractivity contribution is -0.137. The zero-order valence-corrected chi connectivity index (χ0v) is 13.9. The van der Waals surface area contributed by atoms with Gasteiger partial charge in [-0.3, -0.25) is 4.99 Å². The zero-order valence-electron chi connectivity index (χ0n) is 13.9. The summed E-state index contributed by atoms with van der Waals surface area (Å²) in [5.41, 5.74) is 0.633. The zero-order chi connectivity index (χ0) is 17.2. The number of aryl methyl sites for hydroxylation is 1. The highest BCUT2D eigenvalue weighted by Gasteiger charge is 2.32. The van der Waals surface area contributed by atoms with Crippen molar-refractivity contribution < 1.29 is 13.2 Å². The molecule has 3 nitrogen and oxygen atoms in total. The van der Waals surface area contributed by atoms with Crippen LogP contribution in [0.25, 0.3) is 11.0 Å². The average Bonchev–Trinajstić information content (AvgIpc) is 2.78. The SMILES string of the molecule is CCCCC=Nc1cc(C(F)(F)F)cc2nc(C)n(C(C)C)c12. The molecular weight excluding hydrogens is 303 g/mol. The maximum absolute atomic E-state index is 13.1. The molecule has 0 aliphatic rings. The Kier molecular flexibility index (Phi) is 5.12. The van der Waals surface area contributed by atoms with E-state index >= 15 is 0 Å². The number of fused-ring (bicyclic) bond motifs is 1. The predicted molar refractivity (Wildman–Crippen MR) is 87.5 cm³/mol. The minimum Gasteiger partial charge on any atom is -0.324 e. The molecule has 0 bridgehead atoms. The predicted octanol–water partition coefficient (Wildman–Crippen LogP) is 5.84. The maximum atomic E-state index is 13.1. The Morgan fingerprint density at radius 1 is 1.30 bits per heavy atom. The molecule has 126 valence electrons. The smallest absolute Gasteiger partial charge is 0.324 e. The summed E-state index contributed by atoms with van der Waals surface area (Å²) < 4.78 is 41.3. The summed E-state index contributed by atoms with van der Waals surface area (Å²) >= 11 is 0. The molecule has 0 atom stereocenters. The number of alkyl halides is 3. The molecule has 0 N–H and O–H groups in total. The van der Waals surface area contributed by atoms with Gasteiger partial charge in [-0.1, -0.05) is 13.3 Å². The maximum Gasteiger partial charge on any atom is 0.416 e. The molecule has 2 aromatic rings. The van der Waals surface area contributed by atoms with E-state index in [0.29, 0.717) is 22.5 Å². The molecule has 0 saturated heterocycles. The number of hydrogen-bond donors (Lipinski definition) is 0. The number of unbranched alkanes of at least 4 members (excludes halogenated alkanes) is 2. The van der Waals surface area contributed by atoms with Gasteiger partial charge in [0.1, 0.15) is 5.82 Å². The Labute approximate surface area is 134 Å². The second kappa shape index (κ2) is 6.72. The van der Waals surface area contributed by atoms with E-state index in [1.807, 2.05) is 18.4 Å². The first-order valence-corrected chi connectivity index (χ1v) is 7.88. The van der Waals surface area contributed by atoms with E-state index < -0.39 is 11.7 Å². The summed E-state index contributed by atoms with van der Waals surface area (Å²) in [5.74, 6) is 0.694. The standard InChI is InChI=1S/C17H22F3N3/c1-5-6-7-8-21-14-9-13(17(18,19)20)10-15-16(14)23(11(2)3)12(4)22-15/h8-11H,5-7H2,1-4H3. The van der Waals surface area contributed by atoms with E-state index in [9.17, 15) is 13.2 Å². The molecule has 23 heavy (non-hydrogen) atoms. The van der Waals surface area contributed by atoms with Crippen molar-refractivity contribution in [1.29, 1.82) is 0 Å². The number of benzene rings is 1. The average molecular weight is 325 g/mol. The highest BCUT2D eigenvalue weighted by Crippen LogP contribution is 2.37. The van der Waals surface area contributed by atoms with Crippen molar-refractivity contribution in [2.75, 3.05) is 0 Å². The van der Waals surface area contributed by atoms with Crippen molar-refractivity contribution >= 4 is 22.9 Å². The van der Waals surface area contributed by atoms with Crippen LogP contribution in [0.15, 0.2) is 17.1 Å². The number of halogens is 3. The summed E-state index contributed by atoms with van der Waals surface area (Å²) in [7, 11) is 0. The minimum atomic E-state index is -4.41. The quantitative estimate of drug-likeness (QED) is 0.502. The second-order valence-electron chi connectivity index (χ2n) is 5.94. The Balaban J connectivity index is 2.65. The molecule has 0 radical (unpaired) electrons. The van der Waals surface area contributed by atoms with Crippen LogP contribution >= 0.6 is 0 Å². The summed E-state index contributed by atoms with van der Waals surface area (Å²) in [4.78, 5) is 8.62. The van der Waals surface area contributed by atoms with Crippen LogP contribution < -0.4 is 0 Å². The van der Waals surface area contributed by atoms with Crippen LogP contribution in [0.3, 0.4) is 0 Å². The van der Waals surface area contributed by atoms with Gasteiger partial charge in [-0.25, -0.2) is 4.98 Å². The van der Waals surface area contributed by atoms with Crippen molar-refractivity contribution in [3.05, 3.63) is 23.5 Å². The third-order valence-corrected chi connectivity index (χ3v) is 3.70. The molecule has 0 unspecified atom stereocenters. The van der Waals surface area contributed by atoms with Gasteiger partial charge in [-0.15, -0.1) is 0 Å². The van der Waals surface area contributed by atoms with E-state index in [1.165, 1.54) is 0 Å². The Bertz CT molecular complexity index is 712. The van der Waals surface area contributed by atoms with Crippen LogP contribution in [0, 0.1) is 6.92 Å². The number of aliphatic imine (C=N–C) groups is 1. The van der Waals surface area contributed by atoms with Crippen molar-refractivity contribution in [2.24, 2.45) is 4.99 Å². The third-order valence-electron chi connectivity index (χ3n) is 3.70. The molecule has 6 heteroatoms. The molecule has 0 spiro atoms. The van der Waals surface area contributed by atoms with E-state index in [-0.39, 0.29) is 6.04 Å². The minimum absolute atomic E-state index is 0.0985. The summed E-state index contributed by atoms with van der Waals surface area (Å²) in [6.45, 7) is 7.83. The summed E-state index contributed by atoms with van der Waals surface area (Å²) in [6, 6.07) is 2.32. The van der Waals surface area contributed by atoms with Gasteiger partial charge < -0.3 is 4.57 Å². The van der Waals surface area contributed by atoms with E-state index in [1.54, 1.807) is 13.1 Å². The van der Waals surface area contributed by atoms with Crippen molar-refractivity contribution in [2.45, 2.75) is 59.2 Å². The Hall–Kier alpha value is -1.85. The molecule has 0 aliphatic carbocycles. The fraction of sp³-hybridized carbons (Fsp3) is 0.529. The van der Waals surface area contributed by atoms with Gasteiger partial charge in [-0.05, 0) is 45.7 Å². The van der Waals surface area contributed by atoms with Crippen LogP contribution in [0.5, 0.6) is 0 Å². The van der Waals surface area contributed by atoms with E-state index in [2.05, 4.69) is 16.9 Å². The molecule has 1 aromatic carbocycles. The van der Waals surface area contributed by atoms with Gasteiger partial charge in [0.2, 0.25) is 0 Å². The molecule has 2 rings (SSSR count). The third kappa shape index (κ3) is 3.74. The normalized spacial score (nSPS) is 12.9. The van der Waals surface area contributed by atoms with Crippen LogP contribution in [0.1, 0.15) is 57.5 Å². The Morgan fingerprint density at radius 2 is 2.00 bits per heavy atom. The lowest BCUT2D eigenvalue weighted by atomic mass is 10.1. The highest BCUT2D eigenvalue weighted by atomic mass is 19.4. The first-order chi connectivity index (χ1) is 10.8. The van der Waals surface area contributed by atoms with Crippen molar-refractivity contribution in [3.8, 4) is 0 Å². The topological polar surface area (TPSA) is 30.2 Å². The second-order valence-corrected chi connectivity index (χ2v) is 5.94. The van der Waals surface area contributed by atoms with Gasteiger partial charge in [0, 0.05) is 12.3 Å². The molecule has 0 amide bonds. The summed E-state index contributed by atoms with van der Waals surface area (Å²) in [5, 5.41) is 0. The first-order valence-electron chi connectivity index (χ1n) is 7.88. The van der Waals surface area contributed by atoms with Gasteiger partial charge in [-0.2, -0.15) is 13.2 Å². The van der Waals surface area contributed by atoms with Gasteiger partial charge >= 0.3 is 6.18 Å². The lowest BCUT2D eigenvalue weighted by Crippen LogP contribution is -2.06. The molecule has 0 aliphatic heterocycles. The molecule has 0 saturated carbocycles. The highest BCUT2D eigenvalue weighted by molar-refractivity contribution is 5.90. The van der Waals surface area contributed by atoms with Gasteiger partial charge in [0.05, 0.1) is 22.3 Å². The van der Waals surface area contributed by atoms with Gasteiger partial charge in [0.15, 0.2) is 0 Å². The van der Waals surface area contributed by atoms with Crippen molar-refractivity contribution in [1.82, 2.24) is 9.55 Å². The van der Waals surface area contributed by atoms with Crippen LogP contribution in [-0.4, -0.2) is 15.8 Å². The molecule has 0 fully saturated rings. The number of imidazole rings is 1. The fourth-order valence-electron chi connectivity index (χ4n) is 2.68. The van der Waals surface area contributed by atoms with Crippen LogP contribution in [-0.2, 0) is 6.18 Å². The fourth-order valence-corrected chi connectivity index (χ4v) is 2.68. The molecule has 1 aromatic heterocycles. The molecular formula is C17H22F3N3.